The second kappa shape index (κ2) is 13.6. The van der Waals surface area contributed by atoms with Crippen molar-refractivity contribution in [1.82, 2.24) is 30.3 Å². The summed E-state index contributed by atoms with van der Waals surface area (Å²) in [6, 6.07) is 13.8. The van der Waals surface area contributed by atoms with Crippen LogP contribution in [0.25, 0.3) is 5.69 Å². The fourth-order valence-electron chi connectivity index (χ4n) is 3.85. The number of urea groups is 1. The number of amides is 3. The van der Waals surface area contributed by atoms with E-state index in [0.717, 1.165) is 12.1 Å². The highest BCUT2D eigenvalue weighted by Gasteiger charge is 2.41. The number of aliphatic hydroxyl groups excluding tert-OH is 1. The summed E-state index contributed by atoms with van der Waals surface area (Å²) in [6.07, 6.45) is -6.74. The van der Waals surface area contributed by atoms with E-state index in [2.05, 4.69) is 20.7 Å². The van der Waals surface area contributed by atoms with Crippen molar-refractivity contribution in [3.05, 3.63) is 112 Å². The lowest BCUT2D eigenvalue weighted by atomic mass is 10.1. The first-order valence-electron chi connectivity index (χ1n) is 12.7. The van der Waals surface area contributed by atoms with Crippen LogP contribution in [0.2, 0.25) is 5.02 Å². The zero-order valence-corrected chi connectivity index (χ0v) is 23.2. The largest absolute Gasteiger partial charge is 0.416 e. The number of nitrogens with one attached hydrogen (secondary N) is 3. The summed E-state index contributed by atoms with van der Waals surface area (Å²) >= 11 is 5.83. The number of para-hydroxylation sites is 1. The Morgan fingerprint density at radius 2 is 1.70 bits per heavy atom. The van der Waals surface area contributed by atoms with Crippen LogP contribution >= 0.6 is 11.6 Å². The summed E-state index contributed by atoms with van der Waals surface area (Å²) in [6.45, 7) is -1.74. The van der Waals surface area contributed by atoms with Crippen molar-refractivity contribution in [2.45, 2.75) is 25.4 Å². The number of benzene rings is 3. The average molecular weight is 636 g/mol. The molecule has 0 bridgehead atoms. The number of hydrogen-bond donors (Lipinski definition) is 4. The van der Waals surface area contributed by atoms with Crippen LogP contribution in [0.15, 0.2) is 73.1 Å². The maximum absolute atomic E-state index is 13.5. The molecule has 44 heavy (non-hydrogen) atoms. The lowest BCUT2D eigenvalue weighted by Crippen LogP contribution is -2.50. The molecule has 0 radical (unpaired) electrons. The lowest BCUT2D eigenvalue weighted by Gasteiger charge is -2.26. The average Bonchev–Trinajstić information content (AvgIpc) is 3.47. The van der Waals surface area contributed by atoms with Crippen molar-refractivity contribution in [1.29, 1.82) is 5.41 Å². The van der Waals surface area contributed by atoms with E-state index in [9.17, 15) is 36.6 Å². The molecule has 16 heteroatoms. The number of alkyl halides is 3. The van der Waals surface area contributed by atoms with E-state index in [1.165, 1.54) is 47.4 Å². The standard InChI is InChI=1S/C28H23ClF5N7O3/c29-18-8-6-17(7-9-18)25(35)40(14-23(42)28(32,33)34)27(44)37-13-24-38-15-41(39-24)22-4-2-1-3-19(22)26(43)36-12-16-5-10-20(30)21(31)11-16/h1-11,15,23,35,42H,12-14H2,(H,36,43)(H,37,44)/t23-/m0/s1. The van der Waals surface area contributed by atoms with Crippen molar-refractivity contribution in [2.24, 2.45) is 0 Å². The van der Waals surface area contributed by atoms with Gasteiger partial charge in [-0.1, -0.05) is 29.8 Å². The number of carbonyl (C=O) groups excluding carboxylic acids is 2. The minimum atomic E-state index is -5.05. The number of amidine groups is 1. The van der Waals surface area contributed by atoms with Crippen LogP contribution in [-0.2, 0) is 13.1 Å². The van der Waals surface area contributed by atoms with E-state index >= 15 is 0 Å². The van der Waals surface area contributed by atoms with Crippen LogP contribution in [0.1, 0.15) is 27.3 Å². The topological polar surface area (TPSA) is 136 Å². The van der Waals surface area contributed by atoms with Crippen molar-refractivity contribution < 1.29 is 36.6 Å². The molecule has 4 rings (SSSR count). The van der Waals surface area contributed by atoms with Crippen LogP contribution in [0.5, 0.6) is 0 Å². The first-order valence-corrected chi connectivity index (χ1v) is 13.1. The van der Waals surface area contributed by atoms with Crippen LogP contribution in [-0.4, -0.2) is 61.4 Å². The quantitative estimate of drug-likeness (QED) is 0.121. The van der Waals surface area contributed by atoms with Gasteiger partial charge in [0.1, 0.15) is 12.2 Å². The molecule has 0 spiro atoms. The molecule has 0 unspecified atom stereocenters. The van der Waals surface area contributed by atoms with Crippen molar-refractivity contribution >= 4 is 29.4 Å². The van der Waals surface area contributed by atoms with Gasteiger partial charge in [0, 0.05) is 17.1 Å². The second-order valence-electron chi connectivity index (χ2n) is 9.24. The van der Waals surface area contributed by atoms with E-state index in [4.69, 9.17) is 17.0 Å². The fraction of sp³-hybridized carbons (Fsp3) is 0.179. The minimum absolute atomic E-state index is 0.00434. The Kier molecular flexibility index (Phi) is 9.90. The molecule has 3 amide bonds. The third-order valence-electron chi connectivity index (χ3n) is 6.14. The van der Waals surface area contributed by atoms with Gasteiger partial charge < -0.3 is 15.7 Å². The smallest absolute Gasteiger partial charge is 0.382 e. The predicted octanol–water partition coefficient (Wildman–Crippen LogP) is 4.59. The summed E-state index contributed by atoms with van der Waals surface area (Å²) < 4.78 is 67.2. The Bertz CT molecular complexity index is 1660. The third kappa shape index (κ3) is 7.93. The van der Waals surface area contributed by atoms with Gasteiger partial charge in [-0.3, -0.25) is 15.1 Å². The molecule has 0 aliphatic carbocycles. The molecule has 0 aliphatic heterocycles. The Balaban J connectivity index is 1.46. The van der Waals surface area contributed by atoms with Crippen molar-refractivity contribution in [3.8, 4) is 5.69 Å². The lowest BCUT2D eigenvalue weighted by molar-refractivity contribution is -0.204. The number of aliphatic hydroxyl groups is 1. The number of carbonyl (C=O) groups is 2. The van der Waals surface area contributed by atoms with E-state index in [1.54, 1.807) is 18.2 Å². The molecule has 10 nitrogen and oxygen atoms in total. The summed E-state index contributed by atoms with van der Waals surface area (Å²) in [5.41, 5.74) is 0.828. The van der Waals surface area contributed by atoms with Gasteiger partial charge in [0.2, 0.25) is 0 Å². The molecule has 230 valence electrons. The summed E-state index contributed by atoms with van der Waals surface area (Å²) in [5.74, 6) is -3.25. The Labute approximate surface area is 251 Å². The van der Waals surface area contributed by atoms with E-state index < -0.39 is 48.2 Å². The zero-order valence-electron chi connectivity index (χ0n) is 22.4. The van der Waals surface area contributed by atoms with E-state index in [-0.39, 0.29) is 35.7 Å². The SMILES string of the molecule is N=C(c1ccc(Cl)cc1)N(C[C@H](O)C(F)(F)F)C(=O)NCc1ncn(-c2ccccc2C(=O)NCc2ccc(F)c(F)c2)n1. The first kappa shape index (κ1) is 32.0. The van der Waals surface area contributed by atoms with Gasteiger partial charge in [0.25, 0.3) is 5.91 Å². The molecule has 0 aliphatic rings. The minimum Gasteiger partial charge on any atom is -0.382 e. The molecular formula is C28H23ClF5N7O3. The zero-order chi connectivity index (χ0) is 32.0. The number of nitrogens with zero attached hydrogens (tertiary/aromatic N) is 4. The monoisotopic (exact) mass is 635 g/mol. The molecule has 0 saturated heterocycles. The highest BCUT2D eigenvalue weighted by atomic mass is 35.5. The molecule has 0 saturated carbocycles. The molecule has 0 fully saturated rings. The Morgan fingerprint density at radius 1 is 1.00 bits per heavy atom. The van der Waals surface area contributed by atoms with Crippen LogP contribution in [0.3, 0.4) is 0 Å². The number of rotatable bonds is 9. The summed E-state index contributed by atoms with van der Waals surface area (Å²) in [7, 11) is 0. The maximum Gasteiger partial charge on any atom is 0.416 e. The van der Waals surface area contributed by atoms with Gasteiger partial charge in [-0.05, 0) is 54.1 Å². The molecule has 4 aromatic rings. The first-order chi connectivity index (χ1) is 20.8. The Morgan fingerprint density at radius 3 is 2.39 bits per heavy atom. The molecule has 3 aromatic carbocycles. The van der Waals surface area contributed by atoms with Crippen LogP contribution in [0.4, 0.5) is 26.7 Å². The third-order valence-corrected chi connectivity index (χ3v) is 6.39. The normalized spacial score (nSPS) is 12.0. The summed E-state index contributed by atoms with van der Waals surface area (Å²) in [4.78, 5) is 30.3. The van der Waals surface area contributed by atoms with Gasteiger partial charge in [0.05, 0.1) is 24.3 Å². The van der Waals surface area contributed by atoms with Gasteiger partial charge in [-0.15, -0.1) is 5.10 Å². The highest BCUT2D eigenvalue weighted by molar-refractivity contribution is 6.30. The van der Waals surface area contributed by atoms with Crippen molar-refractivity contribution in [3.63, 3.8) is 0 Å². The van der Waals surface area contributed by atoms with Gasteiger partial charge in [-0.25, -0.2) is 23.2 Å². The molecule has 4 N–H and O–H groups in total. The molecule has 1 heterocycles. The second-order valence-corrected chi connectivity index (χ2v) is 9.67. The molecule has 1 atom stereocenters. The molecule has 1 aromatic heterocycles. The van der Waals surface area contributed by atoms with Gasteiger partial charge >= 0.3 is 12.2 Å². The summed E-state index contributed by atoms with van der Waals surface area (Å²) in [5, 5.41) is 27.3. The van der Waals surface area contributed by atoms with E-state index in [0.29, 0.717) is 15.5 Å². The van der Waals surface area contributed by atoms with Gasteiger partial charge in [-0.2, -0.15) is 13.2 Å². The van der Waals surface area contributed by atoms with Crippen molar-refractivity contribution in [2.75, 3.05) is 6.54 Å². The number of aromatic nitrogens is 3. The van der Waals surface area contributed by atoms with Crippen LogP contribution in [0, 0.1) is 17.0 Å². The fourth-order valence-corrected chi connectivity index (χ4v) is 3.98. The molecular weight excluding hydrogens is 613 g/mol. The highest BCUT2D eigenvalue weighted by Crippen LogP contribution is 2.22. The predicted molar refractivity (Wildman–Crippen MR) is 148 cm³/mol. The number of hydrogen-bond acceptors (Lipinski definition) is 6. The maximum atomic E-state index is 13.5. The van der Waals surface area contributed by atoms with Crippen LogP contribution < -0.4 is 10.6 Å². The Hall–Kier alpha value is -4.89. The van der Waals surface area contributed by atoms with E-state index in [1.807, 2.05) is 0 Å². The number of halogens is 6. The van der Waals surface area contributed by atoms with Gasteiger partial charge in [0.15, 0.2) is 23.6 Å².